The molecule has 2 aliphatic rings. The maximum atomic E-state index is 12.1. The molecule has 8 heteroatoms. The highest BCUT2D eigenvalue weighted by Gasteiger charge is 2.22. The van der Waals surface area contributed by atoms with E-state index in [0.29, 0.717) is 18.8 Å². The maximum absolute atomic E-state index is 12.1. The lowest BCUT2D eigenvalue weighted by molar-refractivity contribution is 0.0958. The molecule has 158 valence electrons. The molecule has 0 bridgehead atoms. The summed E-state index contributed by atoms with van der Waals surface area (Å²) in [5.74, 6) is -0.171. The van der Waals surface area contributed by atoms with Crippen LogP contribution in [0.2, 0.25) is 0 Å². The molecule has 2 N–H and O–H groups in total. The predicted molar refractivity (Wildman–Crippen MR) is 117 cm³/mol. The number of amides is 3. The normalized spacial score (nSPS) is 16.8. The second-order valence-corrected chi connectivity index (χ2v) is 7.68. The molecule has 0 unspecified atom stereocenters. The number of benzene rings is 1. The van der Waals surface area contributed by atoms with E-state index in [9.17, 15) is 9.59 Å². The third kappa shape index (κ3) is 4.23. The Morgan fingerprint density at radius 3 is 2.63 bits per heavy atom. The Bertz CT molecular complexity index is 922. The smallest absolute Gasteiger partial charge is 0.322 e. The first-order chi connectivity index (χ1) is 14.6. The number of nitrogens with zero attached hydrogens (tertiary/aromatic N) is 4. The molecule has 1 aromatic heterocycles. The second-order valence-electron chi connectivity index (χ2n) is 7.68. The zero-order valence-corrected chi connectivity index (χ0v) is 17.5. The minimum atomic E-state index is -0.171. The van der Waals surface area contributed by atoms with Gasteiger partial charge in [0.25, 0.3) is 5.91 Å². The van der Waals surface area contributed by atoms with Gasteiger partial charge in [0.2, 0.25) is 0 Å². The first-order valence-corrected chi connectivity index (χ1v) is 10.4. The molecule has 2 aromatic rings. The molecular formula is C22H28N6O2. The lowest BCUT2D eigenvalue weighted by atomic mass is 10.1. The average Bonchev–Trinajstić information content (AvgIpc) is 2.78. The molecule has 4 rings (SSSR count). The predicted octanol–water partition coefficient (Wildman–Crippen LogP) is 2.13. The molecule has 1 fully saturated rings. The largest absolute Gasteiger partial charge is 0.368 e. The van der Waals surface area contributed by atoms with E-state index >= 15 is 0 Å². The summed E-state index contributed by atoms with van der Waals surface area (Å²) in [6.45, 7) is 7.95. The van der Waals surface area contributed by atoms with Gasteiger partial charge in [-0.1, -0.05) is 12.1 Å². The van der Waals surface area contributed by atoms with Gasteiger partial charge in [-0.2, -0.15) is 0 Å². The number of fused-ring (bicyclic) bond motifs is 1. The van der Waals surface area contributed by atoms with E-state index in [1.54, 1.807) is 24.2 Å². The molecule has 0 spiro atoms. The number of rotatable bonds is 5. The fourth-order valence-electron chi connectivity index (χ4n) is 3.96. The summed E-state index contributed by atoms with van der Waals surface area (Å²) >= 11 is 0. The average molecular weight is 409 g/mol. The number of piperazine rings is 1. The molecule has 1 aromatic carbocycles. The van der Waals surface area contributed by atoms with Crippen LogP contribution in [0.15, 0.2) is 36.5 Å². The van der Waals surface area contributed by atoms with Crippen LogP contribution in [-0.4, -0.2) is 66.5 Å². The highest BCUT2D eigenvalue weighted by Crippen LogP contribution is 2.25. The first-order valence-electron chi connectivity index (χ1n) is 10.4. The van der Waals surface area contributed by atoms with Crippen LogP contribution in [0.25, 0.3) is 0 Å². The van der Waals surface area contributed by atoms with Crippen molar-refractivity contribution in [2.24, 2.45) is 0 Å². The van der Waals surface area contributed by atoms with Crippen molar-refractivity contribution < 1.29 is 9.59 Å². The van der Waals surface area contributed by atoms with Crippen molar-refractivity contribution in [3.63, 3.8) is 0 Å². The minimum absolute atomic E-state index is 0.0215. The number of nitrogens with one attached hydrogen (secondary N) is 2. The SMILES string of the molecule is CCN1Cc2ccc(CN3CCN(c4ccc(C(=O)NC)nc4)CC3)cc2NC1=O. The third-order valence-electron chi connectivity index (χ3n) is 5.80. The number of hydrogen-bond donors (Lipinski definition) is 2. The molecule has 30 heavy (non-hydrogen) atoms. The molecule has 3 amide bonds. The Morgan fingerprint density at radius 1 is 1.17 bits per heavy atom. The lowest BCUT2D eigenvalue weighted by Gasteiger charge is -2.36. The summed E-state index contributed by atoms with van der Waals surface area (Å²) in [6, 6.07) is 10.1. The van der Waals surface area contributed by atoms with Crippen molar-refractivity contribution in [3.05, 3.63) is 53.3 Å². The van der Waals surface area contributed by atoms with Gasteiger partial charge in [-0.25, -0.2) is 9.78 Å². The highest BCUT2D eigenvalue weighted by molar-refractivity contribution is 5.92. The summed E-state index contributed by atoms with van der Waals surface area (Å²) < 4.78 is 0. The van der Waals surface area contributed by atoms with Crippen LogP contribution in [0, 0.1) is 0 Å². The van der Waals surface area contributed by atoms with Gasteiger partial charge in [-0.15, -0.1) is 0 Å². The molecule has 8 nitrogen and oxygen atoms in total. The Labute approximate surface area is 176 Å². The van der Waals surface area contributed by atoms with Crippen molar-refractivity contribution in [1.29, 1.82) is 0 Å². The number of urea groups is 1. The van der Waals surface area contributed by atoms with Gasteiger partial charge in [0.05, 0.1) is 11.9 Å². The zero-order chi connectivity index (χ0) is 21.1. The van der Waals surface area contributed by atoms with E-state index in [4.69, 9.17) is 0 Å². The third-order valence-corrected chi connectivity index (χ3v) is 5.80. The van der Waals surface area contributed by atoms with E-state index in [1.165, 1.54) is 5.56 Å². The summed E-state index contributed by atoms with van der Waals surface area (Å²) in [4.78, 5) is 34.5. The van der Waals surface area contributed by atoms with Crippen LogP contribution in [-0.2, 0) is 13.1 Å². The van der Waals surface area contributed by atoms with Crippen LogP contribution < -0.4 is 15.5 Å². The lowest BCUT2D eigenvalue weighted by Crippen LogP contribution is -2.46. The number of pyridine rings is 1. The molecule has 3 heterocycles. The van der Waals surface area contributed by atoms with Crippen LogP contribution in [0.5, 0.6) is 0 Å². The van der Waals surface area contributed by atoms with Crippen molar-refractivity contribution >= 4 is 23.3 Å². The fourth-order valence-corrected chi connectivity index (χ4v) is 3.96. The van der Waals surface area contributed by atoms with Crippen LogP contribution >= 0.6 is 0 Å². The summed E-state index contributed by atoms with van der Waals surface area (Å²) in [7, 11) is 1.60. The minimum Gasteiger partial charge on any atom is -0.368 e. The van der Waals surface area contributed by atoms with Gasteiger partial charge >= 0.3 is 6.03 Å². The van der Waals surface area contributed by atoms with Gasteiger partial charge in [0.15, 0.2) is 0 Å². The van der Waals surface area contributed by atoms with Gasteiger partial charge in [-0.3, -0.25) is 9.69 Å². The second kappa shape index (κ2) is 8.71. The van der Waals surface area contributed by atoms with Crippen molar-refractivity contribution in [2.45, 2.75) is 20.0 Å². The van der Waals surface area contributed by atoms with Crippen molar-refractivity contribution in [1.82, 2.24) is 20.1 Å². The van der Waals surface area contributed by atoms with Gasteiger partial charge < -0.3 is 20.4 Å². The summed E-state index contributed by atoms with van der Waals surface area (Å²) in [5, 5.41) is 5.60. The first kappa shape index (κ1) is 20.2. The van der Waals surface area contributed by atoms with Gasteiger partial charge in [-0.05, 0) is 36.2 Å². The van der Waals surface area contributed by atoms with E-state index in [1.807, 2.05) is 13.0 Å². The zero-order valence-electron chi connectivity index (χ0n) is 17.5. The molecular weight excluding hydrogens is 380 g/mol. The van der Waals surface area contributed by atoms with E-state index in [2.05, 4.69) is 43.6 Å². The van der Waals surface area contributed by atoms with Crippen LogP contribution in [0.1, 0.15) is 28.5 Å². The number of anilines is 2. The number of carbonyl (C=O) groups excluding carboxylic acids is 2. The van der Waals surface area contributed by atoms with E-state index in [0.717, 1.165) is 49.7 Å². The molecule has 0 saturated carbocycles. The summed E-state index contributed by atoms with van der Waals surface area (Å²) in [6.07, 6.45) is 1.77. The van der Waals surface area contributed by atoms with Crippen molar-refractivity contribution in [2.75, 3.05) is 50.0 Å². The van der Waals surface area contributed by atoms with Crippen LogP contribution in [0.4, 0.5) is 16.2 Å². The molecule has 0 aliphatic carbocycles. The number of aromatic nitrogens is 1. The summed E-state index contributed by atoms with van der Waals surface area (Å²) in [5.41, 5.74) is 4.78. The quantitative estimate of drug-likeness (QED) is 0.792. The van der Waals surface area contributed by atoms with Gasteiger partial charge in [0, 0.05) is 58.5 Å². The number of hydrogen-bond acceptors (Lipinski definition) is 5. The Kier molecular flexibility index (Phi) is 5.85. The molecule has 0 radical (unpaired) electrons. The number of carbonyl (C=O) groups is 2. The fraction of sp³-hybridized carbons (Fsp3) is 0.409. The Balaban J connectivity index is 1.34. The highest BCUT2D eigenvalue weighted by atomic mass is 16.2. The maximum Gasteiger partial charge on any atom is 0.322 e. The Hall–Kier alpha value is -3.13. The van der Waals surface area contributed by atoms with E-state index < -0.39 is 0 Å². The Morgan fingerprint density at radius 2 is 1.97 bits per heavy atom. The van der Waals surface area contributed by atoms with Gasteiger partial charge in [0.1, 0.15) is 5.69 Å². The molecule has 0 atom stereocenters. The topological polar surface area (TPSA) is 80.8 Å². The standard InChI is InChI=1S/C22H28N6O2/c1-3-27-15-17-5-4-16(12-20(17)25-22(27)30)14-26-8-10-28(11-9-26)18-6-7-19(24-13-18)21(29)23-2/h4-7,12-13H,3,8-11,14-15H2,1-2H3,(H,23,29)(H,25,30). The van der Waals surface area contributed by atoms with Crippen molar-refractivity contribution in [3.8, 4) is 0 Å². The molecule has 2 aliphatic heterocycles. The monoisotopic (exact) mass is 408 g/mol. The van der Waals surface area contributed by atoms with E-state index in [-0.39, 0.29) is 11.9 Å². The van der Waals surface area contributed by atoms with Crippen LogP contribution in [0.3, 0.4) is 0 Å². The molecule has 1 saturated heterocycles.